The lowest BCUT2D eigenvalue weighted by molar-refractivity contribution is -0.278. The van der Waals surface area contributed by atoms with Crippen LogP contribution in [-0.2, 0) is 10.9 Å². The average Bonchev–Trinajstić information content (AvgIpc) is 2.24. The molecular formula is C10H6F6INO3. The highest BCUT2D eigenvalue weighted by Gasteiger charge is 2.43. The lowest BCUT2D eigenvalue weighted by Gasteiger charge is -2.17. The molecule has 0 saturated heterocycles. The molecule has 1 heterocycles. The summed E-state index contributed by atoms with van der Waals surface area (Å²) in [5.41, 5.74) is -2.38. The zero-order valence-corrected chi connectivity index (χ0v) is 12.3. The second kappa shape index (κ2) is 6.23. The van der Waals surface area contributed by atoms with E-state index in [2.05, 4.69) is 14.5 Å². The van der Waals surface area contributed by atoms with Gasteiger partial charge in [0, 0.05) is 9.77 Å². The maximum Gasteiger partial charge on any atom is 0.574 e. The van der Waals surface area contributed by atoms with Crippen molar-refractivity contribution >= 4 is 28.6 Å². The summed E-state index contributed by atoms with van der Waals surface area (Å²) in [5, 5.41) is 0. The molecule has 0 aromatic carbocycles. The number of nitrogens with zero attached hydrogens (tertiary/aromatic N) is 1. The second-order valence-corrected chi connectivity index (χ2v) is 4.51. The smallest absolute Gasteiger partial charge is 0.462 e. The molecule has 1 aromatic rings. The molecule has 21 heavy (non-hydrogen) atoms. The van der Waals surface area contributed by atoms with Crippen molar-refractivity contribution in [1.82, 2.24) is 4.98 Å². The minimum absolute atomic E-state index is 0.114. The van der Waals surface area contributed by atoms with Crippen molar-refractivity contribution < 1.29 is 40.6 Å². The number of aromatic nitrogens is 1. The molecule has 0 aliphatic carbocycles. The highest BCUT2D eigenvalue weighted by molar-refractivity contribution is 14.1. The first-order valence-electron chi connectivity index (χ1n) is 5.16. The van der Waals surface area contributed by atoms with Crippen molar-refractivity contribution in [2.75, 3.05) is 6.61 Å². The van der Waals surface area contributed by atoms with Crippen LogP contribution < -0.4 is 4.74 Å². The number of hydrogen-bond donors (Lipinski definition) is 0. The van der Waals surface area contributed by atoms with E-state index >= 15 is 0 Å². The van der Waals surface area contributed by atoms with E-state index in [1.807, 2.05) is 0 Å². The lowest BCUT2D eigenvalue weighted by atomic mass is 10.2. The molecule has 0 radical (unpaired) electrons. The fraction of sp³-hybridized carbons (Fsp3) is 0.400. The molecule has 118 valence electrons. The van der Waals surface area contributed by atoms with E-state index in [-0.39, 0.29) is 6.61 Å². The van der Waals surface area contributed by atoms with Gasteiger partial charge in [-0.25, -0.2) is 9.78 Å². The van der Waals surface area contributed by atoms with Crippen molar-refractivity contribution in [3.63, 3.8) is 0 Å². The molecule has 0 unspecified atom stereocenters. The van der Waals surface area contributed by atoms with Crippen LogP contribution in [0.15, 0.2) is 6.20 Å². The molecule has 0 aliphatic heterocycles. The summed E-state index contributed by atoms with van der Waals surface area (Å²) in [6.07, 6.45) is -10.00. The van der Waals surface area contributed by atoms with Crippen molar-refractivity contribution in [3.8, 4) is 5.88 Å². The summed E-state index contributed by atoms with van der Waals surface area (Å²) >= 11 is 1.09. The highest BCUT2D eigenvalue weighted by atomic mass is 127. The van der Waals surface area contributed by atoms with Crippen LogP contribution >= 0.6 is 22.6 Å². The largest absolute Gasteiger partial charge is 0.574 e. The molecule has 0 atom stereocenters. The Kier molecular flexibility index (Phi) is 5.28. The van der Waals surface area contributed by atoms with Gasteiger partial charge >= 0.3 is 18.5 Å². The Hall–Kier alpha value is -1.27. The predicted octanol–water partition coefficient (Wildman–Crippen LogP) is 3.78. The third-order valence-corrected chi connectivity index (χ3v) is 3.09. The number of pyridine rings is 1. The van der Waals surface area contributed by atoms with E-state index in [9.17, 15) is 31.1 Å². The summed E-state index contributed by atoms with van der Waals surface area (Å²) in [6, 6.07) is 0. The first-order chi connectivity index (χ1) is 9.47. The van der Waals surface area contributed by atoms with Crippen molar-refractivity contribution in [3.05, 3.63) is 20.9 Å². The SMILES string of the molecule is CCOC(=O)c1cnc(OC(F)(F)F)c(C(F)(F)F)c1I. The van der Waals surface area contributed by atoms with Gasteiger partial charge in [0.15, 0.2) is 0 Å². The van der Waals surface area contributed by atoms with E-state index in [1.54, 1.807) is 0 Å². The monoisotopic (exact) mass is 429 g/mol. The van der Waals surface area contributed by atoms with E-state index in [1.165, 1.54) is 6.92 Å². The molecule has 0 bridgehead atoms. The topological polar surface area (TPSA) is 48.4 Å². The Morgan fingerprint density at radius 2 is 1.86 bits per heavy atom. The fourth-order valence-corrected chi connectivity index (χ4v) is 2.15. The molecule has 0 fully saturated rings. The van der Waals surface area contributed by atoms with Gasteiger partial charge in [0.05, 0.1) is 12.2 Å². The molecule has 1 aromatic heterocycles. The van der Waals surface area contributed by atoms with Gasteiger partial charge in [0.1, 0.15) is 5.56 Å². The van der Waals surface area contributed by atoms with Crippen molar-refractivity contribution in [1.29, 1.82) is 0 Å². The minimum atomic E-state index is -5.35. The number of halogens is 7. The lowest BCUT2D eigenvalue weighted by Crippen LogP contribution is -2.23. The third-order valence-electron chi connectivity index (χ3n) is 1.97. The first kappa shape index (κ1) is 17.8. The van der Waals surface area contributed by atoms with E-state index in [0.717, 1.165) is 22.6 Å². The van der Waals surface area contributed by atoms with Crippen LogP contribution in [0.25, 0.3) is 0 Å². The van der Waals surface area contributed by atoms with Gasteiger partial charge in [-0.15, -0.1) is 13.2 Å². The van der Waals surface area contributed by atoms with Crippen LogP contribution in [-0.4, -0.2) is 23.9 Å². The normalized spacial score (nSPS) is 12.2. The van der Waals surface area contributed by atoms with E-state index < -0.39 is 39.1 Å². The standard InChI is InChI=1S/C10H6F6INO3/c1-2-20-8(19)4-3-18-7(21-10(14,15)16)5(6(4)17)9(11,12)13/h3H,2H2,1H3. The molecule has 4 nitrogen and oxygen atoms in total. The summed E-state index contributed by atoms with van der Waals surface area (Å²) in [6.45, 7) is 1.31. The molecular weight excluding hydrogens is 423 g/mol. The second-order valence-electron chi connectivity index (χ2n) is 3.43. The van der Waals surface area contributed by atoms with Gasteiger partial charge in [-0.05, 0) is 29.5 Å². The first-order valence-corrected chi connectivity index (χ1v) is 6.23. The average molecular weight is 429 g/mol. The zero-order valence-electron chi connectivity index (χ0n) is 10.1. The van der Waals surface area contributed by atoms with E-state index in [4.69, 9.17) is 0 Å². The quantitative estimate of drug-likeness (QED) is 0.417. The molecule has 0 N–H and O–H groups in total. The van der Waals surface area contributed by atoms with Crippen LogP contribution in [0, 0.1) is 3.57 Å². The number of ether oxygens (including phenoxy) is 2. The number of carbonyl (C=O) groups is 1. The van der Waals surface area contributed by atoms with Gasteiger partial charge in [-0.1, -0.05) is 0 Å². The molecule has 1 rings (SSSR count). The van der Waals surface area contributed by atoms with Gasteiger partial charge in [-0.3, -0.25) is 0 Å². The third kappa shape index (κ3) is 4.61. The van der Waals surface area contributed by atoms with Crippen molar-refractivity contribution in [2.24, 2.45) is 0 Å². The molecule has 0 spiro atoms. The zero-order chi connectivity index (χ0) is 16.4. The van der Waals surface area contributed by atoms with Crippen LogP contribution in [0.1, 0.15) is 22.8 Å². The fourth-order valence-electron chi connectivity index (χ4n) is 1.26. The number of alkyl halides is 6. The van der Waals surface area contributed by atoms with Crippen LogP contribution in [0.3, 0.4) is 0 Å². The number of hydrogen-bond acceptors (Lipinski definition) is 4. The molecule has 11 heteroatoms. The van der Waals surface area contributed by atoms with Crippen molar-refractivity contribution in [2.45, 2.75) is 19.5 Å². The van der Waals surface area contributed by atoms with Gasteiger partial charge in [-0.2, -0.15) is 13.2 Å². The highest BCUT2D eigenvalue weighted by Crippen LogP contribution is 2.41. The molecule has 0 aliphatic rings. The summed E-state index contributed by atoms with van der Waals surface area (Å²) in [4.78, 5) is 14.4. The van der Waals surface area contributed by atoms with Gasteiger partial charge in [0.25, 0.3) is 0 Å². The van der Waals surface area contributed by atoms with Crippen LogP contribution in [0.2, 0.25) is 0 Å². The van der Waals surface area contributed by atoms with Gasteiger partial charge < -0.3 is 9.47 Å². The maximum atomic E-state index is 12.9. The predicted molar refractivity (Wildman–Crippen MR) is 64.6 cm³/mol. The van der Waals surface area contributed by atoms with Gasteiger partial charge in [0.2, 0.25) is 5.88 Å². The number of esters is 1. The maximum absolute atomic E-state index is 12.9. The Bertz CT molecular complexity index is 543. The Labute approximate surface area is 127 Å². The minimum Gasteiger partial charge on any atom is -0.462 e. The summed E-state index contributed by atoms with van der Waals surface area (Å²) in [5.74, 6) is -2.80. The Morgan fingerprint density at radius 3 is 2.29 bits per heavy atom. The van der Waals surface area contributed by atoms with E-state index in [0.29, 0.717) is 6.20 Å². The summed E-state index contributed by atoms with van der Waals surface area (Å²) < 4.78 is 81.9. The Balaban J connectivity index is 3.43. The number of carbonyl (C=O) groups excluding carboxylic acids is 1. The van der Waals surface area contributed by atoms with Crippen LogP contribution in [0.5, 0.6) is 5.88 Å². The summed E-state index contributed by atoms with van der Waals surface area (Å²) in [7, 11) is 0. The molecule has 0 saturated carbocycles. The Morgan fingerprint density at radius 1 is 1.29 bits per heavy atom. The van der Waals surface area contributed by atoms with Crippen LogP contribution in [0.4, 0.5) is 26.3 Å². The number of rotatable bonds is 3. The molecule has 0 amide bonds.